The molecule has 110 valence electrons. The monoisotopic (exact) mass is 284 g/mol. The molecule has 2 aromatic rings. The van der Waals surface area contributed by atoms with E-state index >= 15 is 0 Å². The largest absolute Gasteiger partial charge is 0.491 e. The van der Waals surface area contributed by atoms with Crippen LogP contribution in [0.15, 0.2) is 54.6 Å². The fourth-order valence-corrected chi connectivity index (χ4v) is 2.03. The normalized spacial score (nSPS) is 12.0. The number of amides is 1. The summed E-state index contributed by atoms with van der Waals surface area (Å²) >= 11 is 0. The second-order valence-electron chi connectivity index (χ2n) is 5.08. The SMILES string of the molecule is CC(C)Oc1ccc(C(Nc2ccccc2)C(N)=O)cc1. The van der Waals surface area contributed by atoms with E-state index in [-0.39, 0.29) is 6.10 Å². The van der Waals surface area contributed by atoms with E-state index in [4.69, 9.17) is 10.5 Å². The zero-order chi connectivity index (χ0) is 15.2. The molecule has 0 heterocycles. The highest BCUT2D eigenvalue weighted by atomic mass is 16.5. The van der Waals surface area contributed by atoms with E-state index in [0.717, 1.165) is 17.0 Å². The first-order valence-corrected chi connectivity index (χ1v) is 6.94. The van der Waals surface area contributed by atoms with E-state index in [1.54, 1.807) is 0 Å². The second kappa shape index (κ2) is 6.79. The maximum absolute atomic E-state index is 11.7. The van der Waals surface area contributed by atoms with Crippen molar-refractivity contribution in [2.75, 3.05) is 5.32 Å². The van der Waals surface area contributed by atoms with Crippen LogP contribution >= 0.6 is 0 Å². The van der Waals surface area contributed by atoms with Crippen LogP contribution in [0.5, 0.6) is 5.75 Å². The minimum absolute atomic E-state index is 0.116. The number of anilines is 1. The van der Waals surface area contributed by atoms with Gasteiger partial charge >= 0.3 is 0 Å². The third-order valence-corrected chi connectivity index (χ3v) is 2.95. The highest BCUT2D eigenvalue weighted by molar-refractivity contribution is 5.84. The van der Waals surface area contributed by atoms with E-state index in [2.05, 4.69) is 5.32 Å². The Morgan fingerprint density at radius 3 is 2.19 bits per heavy atom. The molecule has 21 heavy (non-hydrogen) atoms. The minimum Gasteiger partial charge on any atom is -0.491 e. The molecule has 3 N–H and O–H groups in total. The average Bonchev–Trinajstić information content (AvgIpc) is 2.46. The van der Waals surface area contributed by atoms with Gasteiger partial charge in [0.2, 0.25) is 5.91 Å². The molecular formula is C17H20N2O2. The molecule has 0 bridgehead atoms. The van der Waals surface area contributed by atoms with E-state index in [9.17, 15) is 4.79 Å². The van der Waals surface area contributed by atoms with Gasteiger partial charge < -0.3 is 15.8 Å². The Kier molecular flexibility index (Phi) is 4.82. The Balaban J connectivity index is 2.16. The Hall–Kier alpha value is -2.49. The lowest BCUT2D eigenvalue weighted by Gasteiger charge is -2.18. The van der Waals surface area contributed by atoms with Crippen LogP contribution in [0.25, 0.3) is 0 Å². The molecule has 1 amide bonds. The molecule has 0 aromatic heterocycles. The highest BCUT2D eigenvalue weighted by Gasteiger charge is 2.17. The van der Waals surface area contributed by atoms with Crippen LogP contribution in [-0.2, 0) is 4.79 Å². The van der Waals surface area contributed by atoms with Gasteiger partial charge in [-0.3, -0.25) is 4.79 Å². The van der Waals surface area contributed by atoms with Crippen molar-refractivity contribution in [3.8, 4) is 5.75 Å². The number of carbonyl (C=O) groups is 1. The summed E-state index contributed by atoms with van der Waals surface area (Å²) in [6.45, 7) is 3.94. The van der Waals surface area contributed by atoms with E-state index in [0.29, 0.717) is 0 Å². The van der Waals surface area contributed by atoms with Crippen molar-refractivity contribution in [2.45, 2.75) is 26.0 Å². The molecular weight excluding hydrogens is 264 g/mol. The zero-order valence-electron chi connectivity index (χ0n) is 12.2. The van der Waals surface area contributed by atoms with Gasteiger partial charge in [0, 0.05) is 5.69 Å². The number of benzene rings is 2. The van der Waals surface area contributed by atoms with Gasteiger partial charge in [-0.2, -0.15) is 0 Å². The van der Waals surface area contributed by atoms with Crippen LogP contribution in [-0.4, -0.2) is 12.0 Å². The summed E-state index contributed by atoms with van der Waals surface area (Å²) in [4.78, 5) is 11.7. The smallest absolute Gasteiger partial charge is 0.244 e. The molecule has 2 aromatic carbocycles. The molecule has 0 saturated heterocycles. The number of ether oxygens (including phenoxy) is 1. The third kappa shape index (κ3) is 4.24. The Morgan fingerprint density at radius 1 is 1.05 bits per heavy atom. The van der Waals surface area contributed by atoms with Gasteiger partial charge in [-0.1, -0.05) is 30.3 Å². The summed E-state index contributed by atoms with van der Waals surface area (Å²) in [5.41, 5.74) is 7.16. The summed E-state index contributed by atoms with van der Waals surface area (Å²) in [6, 6.07) is 16.3. The van der Waals surface area contributed by atoms with Crippen molar-refractivity contribution >= 4 is 11.6 Å². The first-order chi connectivity index (χ1) is 10.1. The summed E-state index contributed by atoms with van der Waals surface area (Å²) in [5, 5.41) is 3.14. The molecule has 4 nitrogen and oxygen atoms in total. The van der Waals surface area contributed by atoms with Crippen LogP contribution < -0.4 is 15.8 Å². The fraction of sp³-hybridized carbons (Fsp3) is 0.235. The number of nitrogens with two attached hydrogens (primary N) is 1. The fourth-order valence-electron chi connectivity index (χ4n) is 2.03. The first-order valence-electron chi connectivity index (χ1n) is 6.94. The topological polar surface area (TPSA) is 64.3 Å². The second-order valence-corrected chi connectivity index (χ2v) is 5.08. The van der Waals surface area contributed by atoms with Gasteiger partial charge in [0.25, 0.3) is 0 Å². The molecule has 0 fully saturated rings. The van der Waals surface area contributed by atoms with Crippen LogP contribution in [0.1, 0.15) is 25.5 Å². The summed E-state index contributed by atoms with van der Waals surface area (Å²) < 4.78 is 5.59. The van der Waals surface area contributed by atoms with Crippen molar-refractivity contribution in [1.82, 2.24) is 0 Å². The number of primary amides is 1. The van der Waals surface area contributed by atoms with Gasteiger partial charge in [0.15, 0.2) is 0 Å². The standard InChI is InChI=1S/C17H20N2O2/c1-12(2)21-15-10-8-13(9-11-15)16(17(18)20)19-14-6-4-3-5-7-14/h3-12,16,19H,1-2H3,(H2,18,20). The molecule has 0 aliphatic carbocycles. The predicted molar refractivity (Wildman–Crippen MR) is 84.2 cm³/mol. The lowest BCUT2D eigenvalue weighted by Crippen LogP contribution is -2.27. The Bertz CT molecular complexity index is 579. The molecule has 2 rings (SSSR count). The number of para-hydroxylation sites is 1. The number of rotatable bonds is 6. The Morgan fingerprint density at radius 2 is 1.67 bits per heavy atom. The molecule has 0 radical (unpaired) electrons. The van der Waals surface area contributed by atoms with Crippen LogP contribution in [0.3, 0.4) is 0 Å². The van der Waals surface area contributed by atoms with Gasteiger partial charge in [-0.15, -0.1) is 0 Å². The van der Waals surface area contributed by atoms with E-state index in [1.165, 1.54) is 0 Å². The van der Waals surface area contributed by atoms with Crippen molar-refractivity contribution in [3.05, 3.63) is 60.2 Å². The Labute approximate surface area is 124 Å². The van der Waals surface area contributed by atoms with Crippen molar-refractivity contribution in [2.24, 2.45) is 5.73 Å². The molecule has 1 unspecified atom stereocenters. The van der Waals surface area contributed by atoms with Gasteiger partial charge in [-0.05, 0) is 43.7 Å². The van der Waals surface area contributed by atoms with E-state index < -0.39 is 11.9 Å². The first kappa shape index (κ1) is 14.9. The van der Waals surface area contributed by atoms with Gasteiger partial charge in [0.05, 0.1) is 6.10 Å². The maximum Gasteiger partial charge on any atom is 0.244 e. The van der Waals surface area contributed by atoms with Crippen LogP contribution in [0.2, 0.25) is 0 Å². The molecule has 4 heteroatoms. The molecule has 0 aliphatic heterocycles. The summed E-state index contributed by atoms with van der Waals surface area (Å²) in [5.74, 6) is 0.355. The molecule has 0 spiro atoms. The van der Waals surface area contributed by atoms with Gasteiger partial charge in [0.1, 0.15) is 11.8 Å². The van der Waals surface area contributed by atoms with Crippen LogP contribution in [0.4, 0.5) is 5.69 Å². The zero-order valence-corrected chi connectivity index (χ0v) is 12.2. The van der Waals surface area contributed by atoms with Crippen molar-refractivity contribution in [3.63, 3.8) is 0 Å². The third-order valence-electron chi connectivity index (χ3n) is 2.95. The van der Waals surface area contributed by atoms with Gasteiger partial charge in [-0.25, -0.2) is 0 Å². The molecule has 1 atom stereocenters. The summed E-state index contributed by atoms with van der Waals surface area (Å²) in [6.07, 6.45) is 0.116. The quantitative estimate of drug-likeness (QED) is 0.856. The number of hydrogen-bond donors (Lipinski definition) is 2. The summed E-state index contributed by atoms with van der Waals surface area (Å²) in [7, 11) is 0. The van der Waals surface area contributed by atoms with Crippen molar-refractivity contribution in [1.29, 1.82) is 0 Å². The lowest BCUT2D eigenvalue weighted by molar-refractivity contribution is -0.118. The number of carbonyl (C=O) groups excluding carboxylic acids is 1. The minimum atomic E-state index is -0.569. The highest BCUT2D eigenvalue weighted by Crippen LogP contribution is 2.22. The number of nitrogens with one attached hydrogen (secondary N) is 1. The molecule has 0 aliphatic rings. The average molecular weight is 284 g/mol. The van der Waals surface area contributed by atoms with E-state index in [1.807, 2.05) is 68.4 Å². The predicted octanol–water partition coefficient (Wildman–Crippen LogP) is 3.11. The lowest BCUT2D eigenvalue weighted by atomic mass is 10.1. The van der Waals surface area contributed by atoms with Crippen LogP contribution in [0, 0.1) is 0 Å². The molecule has 0 saturated carbocycles. The maximum atomic E-state index is 11.7. The number of hydrogen-bond acceptors (Lipinski definition) is 3. The van der Waals surface area contributed by atoms with Crippen molar-refractivity contribution < 1.29 is 9.53 Å².